The largest absolute Gasteiger partial charge is 0.496 e. The Labute approximate surface area is 127 Å². The van der Waals surface area contributed by atoms with Gasteiger partial charge in [0.1, 0.15) is 5.75 Å². The Morgan fingerprint density at radius 3 is 2.95 bits per heavy atom. The summed E-state index contributed by atoms with van der Waals surface area (Å²) in [4.78, 5) is 0. The Balaban J connectivity index is 1.71. The van der Waals surface area contributed by atoms with Crippen LogP contribution >= 0.6 is 0 Å². The van der Waals surface area contributed by atoms with Crippen molar-refractivity contribution in [3.63, 3.8) is 0 Å². The van der Waals surface area contributed by atoms with Crippen molar-refractivity contribution in [2.45, 2.75) is 0 Å². The van der Waals surface area contributed by atoms with Crippen molar-refractivity contribution >= 4 is 23.1 Å². The van der Waals surface area contributed by atoms with E-state index in [9.17, 15) is 0 Å². The average Bonchev–Trinajstić information content (AvgIpc) is 3.18. The normalized spacial score (nSPS) is 13.1. The van der Waals surface area contributed by atoms with Gasteiger partial charge in [-0.1, -0.05) is 18.2 Å². The first-order valence-electron chi connectivity index (χ1n) is 6.94. The molecule has 0 spiro atoms. The molecular formula is C17H14N2O3. The second kappa shape index (κ2) is 5.11. The Hall–Kier alpha value is -2.95. The van der Waals surface area contributed by atoms with Crippen molar-refractivity contribution in [2.24, 2.45) is 0 Å². The predicted octanol–water partition coefficient (Wildman–Crippen LogP) is 3.47. The summed E-state index contributed by atoms with van der Waals surface area (Å²) in [7, 11) is 1.66. The van der Waals surface area contributed by atoms with Gasteiger partial charge in [0.05, 0.1) is 23.7 Å². The van der Waals surface area contributed by atoms with E-state index >= 15 is 0 Å². The third-order valence-corrected chi connectivity index (χ3v) is 3.63. The highest BCUT2D eigenvalue weighted by Gasteiger charge is 2.12. The highest BCUT2D eigenvalue weighted by Crippen LogP contribution is 2.33. The minimum Gasteiger partial charge on any atom is -0.496 e. The van der Waals surface area contributed by atoms with Crippen LogP contribution < -0.4 is 14.2 Å². The molecule has 0 aliphatic carbocycles. The molecule has 5 heteroatoms. The van der Waals surface area contributed by atoms with Crippen molar-refractivity contribution in [2.75, 3.05) is 13.9 Å². The number of benzene rings is 2. The zero-order chi connectivity index (χ0) is 14.9. The molecule has 22 heavy (non-hydrogen) atoms. The van der Waals surface area contributed by atoms with Crippen LogP contribution in [-0.4, -0.2) is 24.1 Å². The molecule has 0 saturated carbocycles. The molecule has 0 unspecified atom stereocenters. The minimum atomic E-state index is 0.281. The number of H-pyrrole nitrogens is 1. The van der Waals surface area contributed by atoms with Crippen LogP contribution in [0.15, 0.2) is 36.4 Å². The fraction of sp³-hybridized carbons (Fsp3) is 0.118. The summed E-state index contributed by atoms with van der Waals surface area (Å²) in [6.07, 6.45) is 3.95. The van der Waals surface area contributed by atoms with Crippen LogP contribution in [0.3, 0.4) is 0 Å². The molecule has 2 heterocycles. The molecule has 1 N–H and O–H groups in total. The summed E-state index contributed by atoms with van der Waals surface area (Å²) in [6.45, 7) is 0.281. The molecular weight excluding hydrogens is 280 g/mol. The smallest absolute Gasteiger partial charge is 0.231 e. The lowest BCUT2D eigenvalue weighted by molar-refractivity contribution is 0.174. The number of hydrogen-bond acceptors (Lipinski definition) is 4. The predicted molar refractivity (Wildman–Crippen MR) is 84.1 cm³/mol. The first-order valence-corrected chi connectivity index (χ1v) is 6.94. The van der Waals surface area contributed by atoms with Crippen molar-refractivity contribution in [3.05, 3.63) is 47.7 Å². The van der Waals surface area contributed by atoms with Crippen LogP contribution in [-0.2, 0) is 0 Å². The van der Waals surface area contributed by atoms with Gasteiger partial charge in [-0.15, -0.1) is 0 Å². The van der Waals surface area contributed by atoms with Crippen molar-refractivity contribution in [3.8, 4) is 17.2 Å². The van der Waals surface area contributed by atoms with E-state index in [0.717, 1.165) is 39.4 Å². The minimum absolute atomic E-state index is 0.281. The fourth-order valence-electron chi connectivity index (χ4n) is 2.55. The molecule has 5 nitrogen and oxygen atoms in total. The molecule has 1 aromatic heterocycles. The van der Waals surface area contributed by atoms with E-state index in [2.05, 4.69) is 10.2 Å². The molecule has 0 bridgehead atoms. The number of ether oxygens (including phenoxy) is 3. The summed E-state index contributed by atoms with van der Waals surface area (Å²) in [5, 5.41) is 8.33. The maximum absolute atomic E-state index is 5.41. The number of aromatic amines is 1. The SMILES string of the molecule is COc1cccc2[nH]nc(/C=C/c3ccc4c(c3)OCO4)c12. The third kappa shape index (κ3) is 2.07. The number of methoxy groups -OCH3 is 1. The molecule has 110 valence electrons. The molecule has 0 fully saturated rings. The molecule has 1 aliphatic rings. The lowest BCUT2D eigenvalue weighted by atomic mass is 10.1. The topological polar surface area (TPSA) is 56.4 Å². The fourth-order valence-corrected chi connectivity index (χ4v) is 2.55. The average molecular weight is 294 g/mol. The second-order valence-electron chi connectivity index (χ2n) is 4.94. The second-order valence-corrected chi connectivity index (χ2v) is 4.94. The van der Waals surface area contributed by atoms with Crippen molar-refractivity contribution in [1.82, 2.24) is 10.2 Å². The summed E-state index contributed by atoms with van der Waals surface area (Å²) in [5.41, 5.74) is 2.81. The van der Waals surface area contributed by atoms with Crippen LogP contribution in [0, 0.1) is 0 Å². The maximum Gasteiger partial charge on any atom is 0.231 e. The standard InChI is InChI=1S/C17H14N2O3/c1-20-15-4-2-3-12-17(15)13(19-18-12)7-5-11-6-8-14-16(9-11)22-10-21-14/h2-9H,10H2,1H3,(H,18,19)/b7-5+. The molecule has 3 aromatic rings. The van der Waals surface area contributed by atoms with Crippen LogP contribution in [0.1, 0.15) is 11.3 Å². The van der Waals surface area contributed by atoms with E-state index in [1.807, 2.05) is 48.6 Å². The van der Waals surface area contributed by atoms with Gasteiger partial charge in [0.15, 0.2) is 11.5 Å². The number of hydrogen-bond donors (Lipinski definition) is 1. The van der Waals surface area contributed by atoms with Gasteiger partial charge in [0.25, 0.3) is 0 Å². The third-order valence-electron chi connectivity index (χ3n) is 3.63. The Morgan fingerprint density at radius 2 is 2.05 bits per heavy atom. The molecule has 4 rings (SSSR count). The van der Waals surface area contributed by atoms with Gasteiger partial charge in [-0.05, 0) is 35.9 Å². The Morgan fingerprint density at radius 1 is 1.14 bits per heavy atom. The van der Waals surface area contributed by atoms with Crippen LogP contribution in [0.2, 0.25) is 0 Å². The van der Waals surface area contributed by atoms with Gasteiger partial charge in [-0.2, -0.15) is 5.10 Å². The number of rotatable bonds is 3. The van der Waals surface area contributed by atoms with Gasteiger partial charge in [0, 0.05) is 0 Å². The monoisotopic (exact) mass is 294 g/mol. The van der Waals surface area contributed by atoms with E-state index in [4.69, 9.17) is 14.2 Å². The maximum atomic E-state index is 5.41. The van der Waals surface area contributed by atoms with Crippen molar-refractivity contribution < 1.29 is 14.2 Å². The number of nitrogens with zero attached hydrogens (tertiary/aromatic N) is 1. The highest BCUT2D eigenvalue weighted by molar-refractivity contribution is 5.94. The van der Waals surface area contributed by atoms with Gasteiger partial charge in [0.2, 0.25) is 6.79 Å². The molecule has 0 saturated heterocycles. The van der Waals surface area contributed by atoms with Gasteiger partial charge in [-0.3, -0.25) is 5.10 Å². The molecule has 2 aromatic carbocycles. The first-order chi connectivity index (χ1) is 10.8. The summed E-state index contributed by atoms with van der Waals surface area (Å²) < 4.78 is 16.1. The van der Waals surface area contributed by atoms with Gasteiger partial charge >= 0.3 is 0 Å². The zero-order valence-electron chi connectivity index (χ0n) is 12.0. The van der Waals surface area contributed by atoms with Crippen LogP contribution in [0.25, 0.3) is 23.1 Å². The van der Waals surface area contributed by atoms with E-state index in [-0.39, 0.29) is 6.79 Å². The highest BCUT2D eigenvalue weighted by atomic mass is 16.7. The van der Waals surface area contributed by atoms with E-state index in [0.29, 0.717) is 0 Å². The summed E-state index contributed by atoms with van der Waals surface area (Å²) >= 11 is 0. The molecule has 0 atom stereocenters. The zero-order valence-corrected chi connectivity index (χ0v) is 12.0. The Kier molecular flexibility index (Phi) is 2.96. The molecule has 0 amide bonds. The van der Waals surface area contributed by atoms with Gasteiger partial charge in [-0.25, -0.2) is 0 Å². The van der Waals surface area contributed by atoms with Crippen molar-refractivity contribution in [1.29, 1.82) is 0 Å². The molecule has 1 aliphatic heterocycles. The number of nitrogens with one attached hydrogen (secondary N) is 1. The van der Waals surface area contributed by atoms with Crippen LogP contribution in [0.5, 0.6) is 17.2 Å². The van der Waals surface area contributed by atoms with E-state index < -0.39 is 0 Å². The Bertz CT molecular complexity index is 867. The quantitative estimate of drug-likeness (QED) is 0.803. The van der Waals surface area contributed by atoms with E-state index in [1.165, 1.54) is 0 Å². The lowest BCUT2D eigenvalue weighted by Gasteiger charge is -2.01. The van der Waals surface area contributed by atoms with Crippen LogP contribution in [0.4, 0.5) is 0 Å². The number of aromatic nitrogens is 2. The lowest BCUT2D eigenvalue weighted by Crippen LogP contribution is -1.92. The van der Waals surface area contributed by atoms with E-state index in [1.54, 1.807) is 7.11 Å². The number of fused-ring (bicyclic) bond motifs is 2. The summed E-state index contributed by atoms with van der Waals surface area (Å²) in [6, 6.07) is 11.7. The molecule has 0 radical (unpaired) electrons. The van der Waals surface area contributed by atoms with Gasteiger partial charge < -0.3 is 14.2 Å². The summed E-state index contributed by atoms with van der Waals surface area (Å²) in [5.74, 6) is 2.35. The first kappa shape index (κ1) is 12.8.